The zero-order valence-corrected chi connectivity index (χ0v) is 19.6. The summed E-state index contributed by atoms with van der Waals surface area (Å²) in [7, 11) is 0. The summed E-state index contributed by atoms with van der Waals surface area (Å²) in [5.74, 6) is 1.73. The van der Waals surface area contributed by atoms with E-state index in [-0.39, 0.29) is 18.5 Å². The molecule has 33 heavy (non-hydrogen) atoms. The van der Waals surface area contributed by atoms with Crippen LogP contribution < -0.4 is 25.3 Å². The standard InChI is InChI=1S/C24H31N3O6/c1-14(2)8-16(27-23(29)33-24(3,4)5)13-30-17-6-7-18-19-10-21(32-22(25)28)26-11-15(19)12-31-20(18)9-17/h6-7,9-11,14,16H,8,12-13H2,1-5H3,(H2,25,28)(H,27,29)/t16-/m0/s1. The summed E-state index contributed by atoms with van der Waals surface area (Å²) in [5, 5.41) is 2.90. The Kier molecular flexibility index (Phi) is 7.30. The first-order chi connectivity index (χ1) is 15.5. The third kappa shape index (κ3) is 7.00. The first-order valence-corrected chi connectivity index (χ1v) is 10.9. The molecule has 0 saturated carbocycles. The summed E-state index contributed by atoms with van der Waals surface area (Å²) < 4.78 is 22.1. The number of hydrogen-bond donors (Lipinski definition) is 2. The second-order valence-electron chi connectivity index (χ2n) is 9.33. The normalized spacial score (nSPS) is 13.3. The van der Waals surface area contributed by atoms with Gasteiger partial charge in [0.25, 0.3) is 0 Å². The van der Waals surface area contributed by atoms with Gasteiger partial charge in [-0.3, -0.25) is 0 Å². The second kappa shape index (κ2) is 9.97. The first-order valence-electron chi connectivity index (χ1n) is 10.9. The summed E-state index contributed by atoms with van der Waals surface area (Å²) in [5.41, 5.74) is 7.05. The van der Waals surface area contributed by atoms with Crippen LogP contribution in [0.3, 0.4) is 0 Å². The molecule has 3 N–H and O–H groups in total. The van der Waals surface area contributed by atoms with Crippen LogP contribution >= 0.6 is 0 Å². The Morgan fingerprint density at radius 3 is 2.64 bits per heavy atom. The molecule has 9 nitrogen and oxygen atoms in total. The van der Waals surface area contributed by atoms with Gasteiger partial charge in [-0.05, 0) is 50.8 Å². The fourth-order valence-electron chi connectivity index (χ4n) is 3.49. The van der Waals surface area contributed by atoms with Crippen molar-refractivity contribution in [3.8, 4) is 28.5 Å². The predicted molar refractivity (Wildman–Crippen MR) is 122 cm³/mol. The van der Waals surface area contributed by atoms with E-state index in [9.17, 15) is 9.59 Å². The van der Waals surface area contributed by atoms with E-state index in [1.165, 1.54) is 0 Å². The highest BCUT2D eigenvalue weighted by molar-refractivity contribution is 5.77. The quantitative estimate of drug-likeness (QED) is 0.631. The Balaban J connectivity index is 1.71. The SMILES string of the molecule is CC(C)C[C@@H](COc1ccc2c(c1)OCc1cnc(OC(N)=O)cc1-2)NC(=O)OC(C)(C)C. The lowest BCUT2D eigenvalue weighted by Crippen LogP contribution is -2.42. The first kappa shape index (κ1) is 24.2. The van der Waals surface area contributed by atoms with Crippen LogP contribution in [0.5, 0.6) is 17.4 Å². The van der Waals surface area contributed by atoms with Crippen molar-refractivity contribution < 1.29 is 28.5 Å². The number of benzene rings is 1. The summed E-state index contributed by atoms with van der Waals surface area (Å²) in [6.07, 6.45) is 0.947. The van der Waals surface area contributed by atoms with Crippen molar-refractivity contribution in [2.24, 2.45) is 11.7 Å². The van der Waals surface area contributed by atoms with Gasteiger partial charge in [-0.15, -0.1) is 0 Å². The van der Waals surface area contributed by atoms with Crippen LogP contribution in [0.15, 0.2) is 30.5 Å². The van der Waals surface area contributed by atoms with E-state index in [0.29, 0.717) is 24.0 Å². The molecule has 0 unspecified atom stereocenters. The van der Waals surface area contributed by atoms with E-state index in [1.807, 2.05) is 32.9 Å². The molecule has 1 aromatic heterocycles. The molecule has 1 aliphatic rings. The van der Waals surface area contributed by atoms with Gasteiger partial charge < -0.3 is 30.0 Å². The maximum absolute atomic E-state index is 12.2. The van der Waals surface area contributed by atoms with Gasteiger partial charge in [0.05, 0.1) is 6.04 Å². The maximum Gasteiger partial charge on any atom is 0.411 e. The van der Waals surface area contributed by atoms with Crippen molar-refractivity contribution in [3.05, 3.63) is 36.0 Å². The highest BCUT2D eigenvalue weighted by Crippen LogP contribution is 2.40. The number of fused-ring (bicyclic) bond motifs is 3. The average Bonchev–Trinajstić information content (AvgIpc) is 2.69. The lowest BCUT2D eigenvalue weighted by Gasteiger charge is -2.25. The van der Waals surface area contributed by atoms with E-state index in [2.05, 4.69) is 24.1 Å². The molecule has 1 aromatic carbocycles. The van der Waals surface area contributed by atoms with E-state index in [4.69, 9.17) is 24.7 Å². The largest absolute Gasteiger partial charge is 0.491 e. The van der Waals surface area contributed by atoms with Crippen LogP contribution in [0.4, 0.5) is 9.59 Å². The van der Waals surface area contributed by atoms with Gasteiger partial charge in [0.15, 0.2) is 0 Å². The van der Waals surface area contributed by atoms with Gasteiger partial charge in [0.2, 0.25) is 5.88 Å². The second-order valence-corrected chi connectivity index (χ2v) is 9.33. The molecular weight excluding hydrogens is 426 g/mol. The lowest BCUT2D eigenvalue weighted by atomic mass is 9.98. The molecule has 2 amide bonds. The minimum atomic E-state index is -0.922. The van der Waals surface area contributed by atoms with Crippen LogP contribution in [-0.2, 0) is 11.3 Å². The van der Waals surface area contributed by atoms with Crippen molar-refractivity contribution in [2.45, 2.75) is 59.3 Å². The monoisotopic (exact) mass is 457 g/mol. The fraction of sp³-hybridized carbons (Fsp3) is 0.458. The minimum absolute atomic E-state index is 0.124. The van der Waals surface area contributed by atoms with E-state index >= 15 is 0 Å². The van der Waals surface area contributed by atoms with Crippen molar-refractivity contribution >= 4 is 12.2 Å². The van der Waals surface area contributed by atoms with Gasteiger partial charge in [0.1, 0.15) is 30.3 Å². The Morgan fingerprint density at radius 1 is 1.21 bits per heavy atom. The van der Waals surface area contributed by atoms with Crippen molar-refractivity contribution in [1.29, 1.82) is 0 Å². The molecule has 1 aliphatic heterocycles. The Bertz CT molecular complexity index is 1020. The molecule has 2 heterocycles. The Labute approximate surface area is 193 Å². The van der Waals surface area contributed by atoms with Gasteiger partial charge in [-0.25, -0.2) is 14.6 Å². The number of rotatable bonds is 7. The van der Waals surface area contributed by atoms with Gasteiger partial charge in [-0.2, -0.15) is 0 Å². The molecule has 0 radical (unpaired) electrons. The number of alkyl carbamates (subject to hydrolysis) is 1. The highest BCUT2D eigenvalue weighted by atomic mass is 16.6. The number of nitrogens with one attached hydrogen (secondary N) is 1. The number of ether oxygens (including phenoxy) is 4. The van der Waals surface area contributed by atoms with Crippen molar-refractivity contribution in [3.63, 3.8) is 0 Å². The molecule has 2 aromatic rings. The number of carbonyl (C=O) groups excluding carboxylic acids is 2. The van der Waals surface area contributed by atoms with E-state index in [1.54, 1.807) is 18.3 Å². The van der Waals surface area contributed by atoms with E-state index < -0.39 is 17.8 Å². The molecule has 0 saturated heterocycles. The summed E-state index contributed by atoms with van der Waals surface area (Å²) in [6.45, 7) is 10.2. The molecule has 0 fully saturated rings. The highest BCUT2D eigenvalue weighted by Gasteiger charge is 2.22. The number of pyridine rings is 1. The summed E-state index contributed by atoms with van der Waals surface area (Å²) in [6, 6.07) is 6.94. The predicted octanol–water partition coefficient (Wildman–Crippen LogP) is 4.42. The molecule has 0 bridgehead atoms. The lowest BCUT2D eigenvalue weighted by molar-refractivity contribution is 0.0480. The summed E-state index contributed by atoms with van der Waals surface area (Å²) in [4.78, 5) is 27.3. The molecule has 1 atom stereocenters. The Hall–Kier alpha value is -3.49. The molecule has 0 spiro atoms. The third-order valence-corrected chi connectivity index (χ3v) is 4.72. The molecule has 178 valence electrons. The van der Waals surface area contributed by atoms with Crippen molar-refractivity contribution in [2.75, 3.05) is 6.61 Å². The Morgan fingerprint density at radius 2 is 1.97 bits per heavy atom. The zero-order chi connectivity index (χ0) is 24.2. The molecular formula is C24H31N3O6. The van der Waals surface area contributed by atoms with Crippen molar-refractivity contribution in [1.82, 2.24) is 10.3 Å². The number of amides is 2. The topological polar surface area (TPSA) is 122 Å². The van der Waals surface area contributed by atoms with Crippen LogP contribution in [0.1, 0.15) is 46.6 Å². The fourth-order valence-corrected chi connectivity index (χ4v) is 3.49. The number of hydrogen-bond acceptors (Lipinski definition) is 7. The maximum atomic E-state index is 12.2. The number of primary amides is 1. The molecule has 0 aliphatic carbocycles. The number of carbonyl (C=O) groups is 2. The molecule has 9 heteroatoms. The van der Waals surface area contributed by atoms with Gasteiger partial charge >= 0.3 is 12.2 Å². The number of nitrogens with zero attached hydrogens (tertiary/aromatic N) is 1. The zero-order valence-electron chi connectivity index (χ0n) is 19.6. The van der Waals surface area contributed by atoms with Crippen LogP contribution in [0.2, 0.25) is 0 Å². The van der Waals surface area contributed by atoms with Crippen LogP contribution in [0.25, 0.3) is 11.1 Å². The van der Waals surface area contributed by atoms with Gasteiger partial charge in [0, 0.05) is 29.5 Å². The van der Waals surface area contributed by atoms with Crippen LogP contribution in [-0.4, -0.2) is 35.4 Å². The smallest absolute Gasteiger partial charge is 0.411 e. The van der Waals surface area contributed by atoms with Gasteiger partial charge in [-0.1, -0.05) is 13.8 Å². The minimum Gasteiger partial charge on any atom is -0.491 e. The number of nitrogens with two attached hydrogens (primary N) is 1. The van der Waals surface area contributed by atoms with Crippen LogP contribution in [0, 0.1) is 5.92 Å². The molecule has 3 rings (SSSR count). The van der Waals surface area contributed by atoms with E-state index in [0.717, 1.165) is 23.1 Å². The average molecular weight is 458 g/mol. The number of aromatic nitrogens is 1. The third-order valence-electron chi connectivity index (χ3n) is 4.72. The summed E-state index contributed by atoms with van der Waals surface area (Å²) >= 11 is 0.